The fraction of sp³-hybridized carbons (Fsp3) is 0.921. The van der Waals surface area contributed by atoms with Gasteiger partial charge in [-0.25, -0.2) is 4.79 Å². The summed E-state index contributed by atoms with van der Waals surface area (Å²) < 4.78 is 18.2. The summed E-state index contributed by atoms with van der Waals surface area (Å²) in [5.41, 5.74) is -1.70. The number of carbonyl (C=O) groups excluding carboxylic acids is 2. The highest BCUT2D eigenvalue weighted by atomic mass is 16.6. The van der Waals surface area contributed by atoms with Crippen LogP contribution >= 0.6 is 0 Å². The lowest BCUT2D eigenvalue weighted by molar-refractivity contribution is -0.208. The number of aliphatic hydroxyl groups excluding tert-OH is 10. The summed E-state index contributed by atoms with van der Waals surface area (Å²) in [6.07, 6.45) is -8.88. The molecule has 0 spiro atoms. The Bertz CT molecular complexity index is 1300. The molecule has 0 radical (unpaired) electrons. The maximum Gasteiger partial charge on any atom is 0.411 e. The summed E-state index contributed by atoms with van der Waals surface area (Å²) in [4.78, 5) is 31.5. The van der Waals surface area contributed by atoms with Crippen molar-refractivity contribution in [2.75, 3.05) is 65.8 Å². The molecule has 19 heteroatoms. The van der Waals surface area contributed by atoms with E-state index in [-0.39, 0.29) is 32.3 Å². The Morgan fingerprint density at radius 1 is 0.825 bits per heavy atom. The molecule has 1 saturated heterocycles. The van der Waals surface area contributed by atoms with Gasteiger partial charge in [-0.05, 0) is 84.0 Å². The van der Waals surface area contributed by atoms with Gasteiger partial charge in [-0.3, -0.25) is 14.6 Å². The highest BCUT2D eigenvalue weighted by Gasteiger charge is 2.63. The Kier molecular flexibility index (Phi) is 16.9. The van der Waals surface area contributed by atoms with E-state index >= 15 is 0 Å². The van der Waals surface area contributed by atoms with Crippen molar-refractivity contribution in [1.29, 1.82) is 5.26 Å². The fourth-order valence-electron chi connectivity index (χ4n) is 9.95. The summed E-state index contributed by atoms with van der Waals surface area (Å²) in [6, 6.07) is 1.63. The van der Waals surface area contributed by atoms with Crippen LogP contribution in [0.4, 0.5) is 4.79 Å². The first-order chi connectivity index (χ1) is 26.8. The van der Waals surface area contributed by atoms with Crippen molar-refractivity contribution in [3.8, 4) is 6.07 Å². The van der Waals surface area contributed by atoms with Crippen LogP contribution in [0.5, 0.6) is 0 Å². The van der Waals surface area contributed by atoms with Crippen LogP contribution in [0.2, 0.25) is 0 Å². The van der Waals surface area contributed by atoms with Gasteiger partial charge < -0.3 is 70.2 Å². The molecule has 11 atom stereocenters. The van der Waals surface area contributed by atoms with Crippen molar-refractivity contribution >= 4 is 12.0 Å². The summed E-state index contributed by atoms with van der Waals surface area (Å²) in [5, 5.41) is 109. The van der Waals surface area contributed by atoms with E-state index in [1.807, 2.05) is 25.7 Å². The third kappa shape index (κ3) is 11.7. The van der Waals surface area contributed by atoms with Crippen molar-refractivity contribution in [2.24, 2.45) is 11.8 Å². The van der Waals surface area contributed by atoms with Gasteiger partial charge in [0.2, 0.25) is 0 Å². The lowest BCUT2D eigenvalue weighted by Crippen LogP contribution is -2.70. The number of nitrogens with zero attached hydrogens (tertiary/aromatic N) is 4. The predicted octanol–water partition coefficient (Wildman–Crippen LogP) is -2.96. The van der Waals surface area contributed by atoms with Gasteiger partial charge >= 0.3 is 6.09 Å². The molecule has 2 unspecified atom stereocenters. The molecule has 5 rings (SSSR count). The SMILES string of the molecule is CC(C)(C)N(C(=O)OCC(=O)N1CCC[C@H]1C#N)C12CC3CC(CC(OCCOCCN(C[C@H](O)[C@@H](O)[C@H](O)[C@H](O)CO)C[C@H](O)[C@@H](O)[C@H](O)[C@H](O)CO)(C3)C1)C2. The zero-order valence-corrected chi connectivity index (χ0v) is 33.4. The van der Waals surface area contributed by atoms with E-state index in [0.29, 0.717) is 31.2 Å². The first-order valence-electron chi connectivity index (χ1n) is 20.1. The number of likely N-dealkylation sites (tertiary alicyclic amines) is 1. The van der Waals surface area contributed by atoms with Gasteiger partial charge in [-0.15, -0.1) is 0 Å². The maximum absolute atomic E-state index is 13.9. The molecule has 19 nitrogen and oxygen atoms in total. The Hall–Kier alpha value is -2.29. The third-order valence-electron chi connectivity index (χ3n) is 12.1. The summed E-state index contributed by atoms with van der Waals surface area (Å²) in [7, 11) is 0. The van der Waals surface area contributed by atoms with Crippen LogP contribution in [0.3, 0.4) is 0 Å². The lowest BCUT2D eigenvalue weighted by Gasteiger charge is -2.65. The highest BCUT2D eigenvalue weighted by molar-refractivity contribution is 5.81. The smallest absolute Gasteiger partial charge is 0.411 e. The summed E-state index contributed by atoms with van der Waals surface area (Å²) in [5.74, 6) is 0.253. The highest BCUT2D eigenvalue weighted by Crippen LogP contribution is 2.61. The molecular formula is C38H66N4O15. The molecule has 4 saturated carbocycles. The number of nitriles is 1. The molecule has 0 aromatic heterocycles. The molecule has 57 heavy (non-hydrogen) atoms. The number of hydrogen-bond donors (Lipinski definition) is 10. The first kappa shape index (κ1) is 47.4. The average molecular weight is 819 g/mol. The Balaban J connectivity index is 1.35. The lowest BCUT2D eigenvalue weighted by atomic mass is 9.50. The van der Waals surface area contributed by atoms with E-state index in [4.69, 9.17) is 24.4 Å². The second-order valence-electron chi connectivity index (χ2n) is 17.6. The summed E-state index contributed by atoms with van der Waals surface area (Å²) >= 11 is 0. The molecule has 0 aromatic rings. The molecule has 5 fully saturated rings. The van der Waals surface area contributed by atoms with Crippen LogP contribution in [-0.4, -0.2) is 215 Å². The minimum Gasteiger partial charge on any atom is -0.439 e. The first-order valence-corrected chi connectivity index (χ1v) is 20.1. The number of ether oxygens (including phenoxy) is 3. The van der Waals surface area contributed by atoms with Gasteiger partial charge in [0.15, 0.2) is 6.61 Å². The Morgan fingerprint density at radius 3 is 1.88 bits per heavy atom. The van der Waals surface area contributed by atoms with Crippen LogP contribution in [0, 0.1) is 23.2 Å². The molecule has 4 bridgehead atoms. The molecule has 2 amide bonds. The van der Waals surface area contributed by atoms with Crippen LogP contribution in [0.1, 0.15) is 72.1 Å². The minimum atomic E-state index is -1.90. The largest absolute Gasteiger partial charge is 0.439 e. The average Bonchev–Trinajstić information content (AvgIpc) is 3.64. The van der Waals surface area contributed by atoms with E-state index in [9.17, 15) is 55.7 Å². The van der Waals surface area contributed by atoms with Gasteiger partial charge in [-0.2, -0.15) is 5.26 Å². The maximum atomic E-state index is 13.9. The summed E-state index contributed by atoms with van der Waals surface area (Å²) in [6.45, 7) is 3.66. The normalized spacial score (nSPS) is 30.0. The number of aliphatic hydroxyl groups is 10. The number of rotatable bonds is 22. The second kappa shape index (κ2) is 20.3. The van der Waals surface area contributed by atoms with Crippen LogP contribution < -0.4 is 0 Å². The zero-order chi connectivity index (χ0) is 42.3. The molecule has 0 aromatic carbocycles. The van der Waals surface area contributed by atoms with Crippen molar-refractivity contribution in [2.45, 2.75) is 144 Å². The van der Waals surface area contributed by atoms with Gasteiger partial charge in [0.1, 0.15) is 42.7 Å². The monoisotopic (exact) mass is 818 g/mol. The Morgan fingerprint density at radius 2 is 1.37 bits per heavy atom. The third-order valence-corrected chi connectivity index (χ3v) is 12.1. The zero-order valence-electron chi connectivity index (χ0n) is 33.4. The van der Waals surface area contributed by atoms with Crippen molar-refractivity contribution in [3.63, 3.8) is 0 Å². The van der Waals surface area contributed by atoms with Gasteiger partial charge in [0.25, 0.3) is 5.91 Å². The molecule has 328 valence electrons. The molecule has 1 heterocycles. The standard InChI is InChI=1S/C38H66N4O15/c1-36(2,3)42(35(54)56-21-30(49)41-6-4-5-25(41)16-39)37-12-23-11-24(13-37)15-38(14-23,22-37)57-10-9-55-8-7-40(17-26(45)31(50)33(52)28(47)19-43)18-27(46)32(51)34(53)29(48)20-44/h23-29,31-34,43-48,50-53H,4-15,17-22H2,1-3H3/t23?,24?,25-,26-,27-,28+,29+,31+,32+,33+,34+,37?,38?/m0/s1. The Labute approximate surface area is 333 Å². The van der Waals surface area contributed by atoms with Gasteiger partial charge in [0.05, 0.1) is 62.5 Å². The van der Waals surface area contributed by atoms with E-state index in [1.54, 1.807) is 0 Å². The van der Waals surface area contributed by atoms with Gasteiger partial charge in [-0.1, -0.05) is 0 Å². The number of hydrogen-bond acceptors (Lipinski definition) is 17. The van der Waals surface area contributed by atoms with E-state index < -0.39 is 111 Å². The fourth-order valence-corrected chi connectivity index (χ4v) is 9.95. The molecular weight excluding hydrogens is 752 g/mol. The van der Waals surface area contributed by atoms with Crippen LogP contribution in [0.25, 0.3) is 0 Å². The molecule has 10 N–H and O–H groups in total. The second-order valence-corrected chi connectivity index (χ2v) is 17.6. The van der Waals surface area contributed by atoms with E-state index in [1.165, 1.54) is 9.80 Å². The van der Waals surface area contributed by atoms with Crippen LogP contribution in [0.15, 0.2) is 0 Å². The van der Waals surface area contributed by atoms with Crippen molar-refractivity contribution in [3.05, 3.63) is 0 Å². The number of carbonyl (C=O) groups is 2. The quantitative estimate of drug-likeness (QED) is 0.0488. The minimum absolute atomic E-state index is 0.00332. The number of amides is 2. The van der Waals surface area contributed by atoms with Gasteiger partial charge in [0, 0.05) is 31.7 Å². The predicted molar refractivity (Wildman–Crippen MR) is 199 cm³/mol. The van der Waals surface area contributed by atoms with Crippen molar-refractivity contribution < 1.29 is 74.9 Å². The van der Waals surface area contributed by atoms with Crippen LogP contribution in [-0.2, 0) is 19.0 Å². The van der Waals surface area contributed by atoms with E-state index in [2.05, 4.69) is 6.07 Å². The molecule has 4 aliphatic carbocycles. The van der Waals surface area contributed by atoms with E-state index in [0.717, 1.165) is 38.5 Å². The van der Waals surface area contributed by atoms with Crippen molar-refractivity contribution in [1.82, 2.24) is 14.7 Å². The topological polar surface area (TPSA) is 298 Å². The molecule has 1 aliphatic heterocycles. The molecule has 5 aliphatic rings.